The summed E-state index contributed by atoms with van der Waals surface area (Å²) in [6.07, 6.45) is 2.06. The van der Waals surface area contributed by atoms with E-state index >= 15 is 0 Å². The van der Waals surface area contributed by atoms with Gasteiger partial charge in [0.25, 0.3) is 0 Å². The molecule has 0 aliphatic carbocycles. The summed E-state index contributed by atoms with van der Waals surface area (Å²) in [5.41, 5.74) is 1.91. The molecule has 1 heterocycles. The molecule has 0 aliphatic heterocycles. The van der Waals surface area contributed by atoms with Gasteiger partial charge in [0.05, 0.1) is 17.3 Å². The SMILES string of the molecule is CC(C)(C)OC(=O)NCCc1ccc(CNCc2occc2Br)cc1. The monoisotopic (exact) mass is 408 g/mol. The van der Waals surface area contributed by atoms with E-state index in [-0.39, 0.29) is 6.09 Å². The van der Waals surface area contributed by atoms with Crippen molar-refractivity contribution in [1.29, 1.82) is 0 Å². The first-order valence-electron chi connectivity index (χ1n) is 8.31. The summed E-state index contributed by atoms with van der Waals surface area (Å²) >= 11 is 3.44. The van der Waals surface area contributed by atoms with E-state index in [2.05, 4.69) is 50.8 Å². The second-order valence-electron chi connectivity index (χ2n) is 6.79. The fourth-order valence-electron chi connectivity index (χ4n) is 2.22. The highest BCUT2D eigenvalue weighted by atomic mass is 79.9. The van der Waals surface area contributed by atoms with Gasteiger partial charge in [-0.1, -0.05) is 24.3 Å². The Morgan fingerprint density at radius 2 is 1.80 bits per heavy atom. The van der Waals surface area contributed by atoms with Crippen LogP contribution in [0.25, 0.3) is 0 Å². The van der Waals surface area contributed by atoms with Crippen molar-refractivity contribution in [3.05, 3.63) is 58.0 Å². The zero-order valence-electron chi connectivity index (χ0n) is 14.9. The Morgan fingerprint density at radius 3 is 2.40 bits per heavy atom. The molecule has 25 heavy (non-hydrogen) atoms. The van der Waals surface area contributed by atoms with Gasteiger partial charge in [-0.15, -0.1) is 0 Å². The van der Waals surface area contributed by atoms with Crippen LogP contribution >= 0.6 is 15.9 Å². The maximum atomic E-state index is 11.6. The van der Waals surface area contributed by atoms with Crippen LogP contribution in [0, 0.1) is 0 Å². The van der Waals surface area contributed by atoms with Gasteiger partial charge in [-0.05, 0) is 60.3 Å². The summed E-state index contributed by atoms with van der Waals surface area (Å²) in [6.45, 7) is 7.55. The fraction of sp³-hybridized carbons (Fsp3) is 0.421. The summed E-state index contributed by atoms with van der Waals surface area (Å²) in [7, 11) is 0. The van der Waals surface area contributed by atoms with Gasteiger partial charge in [0.1, 0.15) is 11.4 Å². The minimum Gasteiger partial charge on any atom is -0.467 e. The first-order chi connectivity index (χ1) is 11.8. The van der Waals surface area contributed by atoms with Gasteiger partial charge in [0.15, 0.2) is 0 Å². The Morgan fingerprint density at radius 1 is 1.12 bits per heavy atom. The molecule has 0 unspecified atom stereocenters. The minimum absolute atomic E-state index is 0.377. The number of benzene rings is 1. The molecule has 0 saturated carbocycles. The third-order valence-corrected chi connectivity index (χ3v) is 4.12. The topological polar surface area (TPSA) is 63.5 Å². The highest BCUT2D eigenvalue weighted by Crippen LogP contribution is 2.17. The third kappa shape index (κ3) is 7.32. The molecule has 1 aromatic carbocycles. The number of rotatable bonds is 7. The lowest BCUT2D eigenvalue weighted by Crippen LogP contribution is -2.33. The molecule has 2 aromatic rings. The summed E-state index contributed by atoms with van der Waals surface area (Å²) < 4.78 is 11.5. The second kappa shape index (κ2) is 9.06. The molecular weight excluding hydrogens is 384 g/mol. The standard InChI is InChI=1S/C19H25BrN2O3/c1-19(2,3)25-18(23)22-10-8-14-4-6-15(7-5-14)12-21-13-17-16(20)9-11-24-17/h4-7,9,11,21H,8,10,12-13H2,1-3H3,(H,22,23). The number of alkyl carbamates (subject to hydrolysis) is 1. The molecule has 0 bridgehead atoms. The largest absolute Gasteiger partial charge is 0.467 e. The molecule has 2 rings (SSSR count). The van der Waals surface area contributed by atoms with Crippen LogP contribution in [-0.4, -0.2) is 18.2 Å². The smallest absolute Gasteiger partial charge is 0.407 e. The zero-order valence-corrected chi connectivity index (χ0v) is 16.5. The van der Waals surface area contributed by atoms with E-state index < -0.39 is 5.60 Å². The van der Waals surface area contributed by atoms with Crippen molar-refractivity contribution < 1.29 is 13.9 Å². The van der Waals surface area contributed by atoms with Gasteiger partial charge in [0, 0.05) is 13.1 Å². The van der Waals surface area contributed by atoms with Gasteiger partial charge in [-0.2, -0.15) is 0 Å². The number of nitrogens with one attached hydrogen (secondary N) is 2. The number of hydrogen-bond donors (Lipinski definition) is 2. The van der Waals surface area contributed by atoms with Crippen molar-refractivity contribution in [2.45, 2.75) is 45.9 Å². The number of halogens is 1. The van der Waals surface area contributed by atoms with E-state index in [9.17, 15) is 4.79 Å². The highest BCUT2D eigenvalue weighted by Gasteiger charge is 2.15. The van der Waals surface area contributed by atoms with Crippen molar-refractivity contribution in [1.82, 2.24) is 10.6 Å². The molecule has 2 N–H and O–H groups in total. The number of amides is 1. The van der Waals surface area contributed by atoms with Crippen LogP contribution in [0.15, 0.2) is 45.5 Å². The molecule has 0 radical (unpaired) electrons. The van der Waals surface area contributed by atoms with Crippen molar-refractivity contribution in [3.8, 4) is 0 Å². The van der Waals surface area contributed by atoms with E-state index in [0.717, 1.165) is 23.2 Å². The summed E-state index contributed by atoms with van der Waals surface area (Å²) in [6, 6.07) is 10.2. The number of hydrogen-bond acceptors (Lipinski definition) is 4. The van der Waals surface area contributed by atoms with Gasteiger partial charge in [-0.3, -0.25) is 0 Å². The molecule has 0 saturated heterocycles. The highest BCUT2D eigenvalue weighted by molar-refractivity contribution is 9.10. The lowest BCUT2D eigenvalue weighted by molar-refractivity contribution is 0.0528. The van der Waals surface area contributed by atoms with Gasteiger partial charge in [0.2, 0.25) is 0 Å². The minimum atomic E-state index is -0.468. The maximum Gasteiger partial charge on any atom is 0.407 e. The Hall–Kier alpha value is -1.79. The molecule has 0 spiro atoms. The van der Waals surface area contributed by atoms with Crippen LogP contribution in [0.3, 0.4) is 0 Å². The van der Waals surface area contributed by atoms with E-state index in [0.29, 0.717) is 13.1 Å². The Kier molecular flexibility index (Phi) is 7.08. The molecule has 0 atom stereocenters. The molecular formula is C19H25BrN2O3. The third-order valence-electron chi connectivity index (χ3n) is 3.41. The van der Waals surface area contributed by atoms with E-state index in [1.165, 1.54) is 11.1 Å². The normalized spacial score (nSPS) is 11.4. The zero-order chi connectivity index (χ0) is 18.3. The van der Waals surface area contributed by atoms with Gasteiger partial charge < -0.3 is 19.8 Å². The molecule has 5 nitrogen and oxygen atoms in total. The fourth-order valence-corrected chi connectivity index (χ4v) is 2.56. The number of ether oxygens (including phenoxy) is 1. The van der Waals surface area contributed by atoms with E-state index in [4.69, 9.17) is 9.15 Å². The second-order valence-corrected chi connectivity index (χ2v) is 7.64. The van der Waals surface area contributed by atoms with E-state index in [1.54, 1.807) is 6.26 Å². The molecule has 0 aliphatic rings. The summed E-state index contributed by atoms with van der Waals surface area (Å²) in [5, 5.41) is 6.12. The number of carbonyl (C=O) groups is 1. The molecule has 136 valence electrons. The van der Waals surface area contributed by atoms with Crippen LogP contribution in [0.2, 0.25) is 0 Å². The van der Waals surface area contributed by atoms with Gasteiger partial charge in [-0.25, -0.2) is 4.79 Å². The first kappa shape index (κ1) is 19.5. The molecule has 6 heteroatoms. The molecule has 1 amide bonds. The number of carbonyl (C=O) groups excluding carboxylic acids is 1. The first-order valence-corrected chi connectivity index (χ1v) is 9.10. The Balaban J connectivity index is 1.69. The molecule has 1 aromatic heterocycles. The van der Waals surface area contributed by atoms with Crippen LogP contribution in [0.5, 0.6) is 0 Å². The quantitative estimate of drug-likeness (QED) is 0.712. The van der Waals surface area contributed by atoms with Crippen LogP contribution in [-0.2, 0) is 24.2 Å². The average Bonchev–Trinajstić information content (AvgIpc) is 2.92. The van der Waals surface area contributed by atoms with Gasteiger partial charge >= 0.3 is 6.09 Å². The van der Waals surface area contributed by atoms with Crippen molar-refractivity contribution in [2.24, 2.45) is 0 Å². The lowest BCUT2D eigenvalue weighted by Gasteiger charge is -2.19. The summed E-state index contributed by atoms with van der Waals surface area (Å²) in [5.74, 6) is 0.893. The van der Waals surface area contributed by atoms with E-state index in [1.807, 2.05) is 26.8 Å². The number of furan rings is 1. The van der Waals surface area contributed by atoms with Crippen molar-refractivity contribution >= 4 is 22.0 Å². The van der Waals surface area contributed by atoms with Crippen LogP contribution in [0.1, 0.15) is 37.7 Å². The van der Waals surface area contributed by atoms with Crippen LogP contribution < -0.4 is 10.6 Å². The molecule has 0 fully saturated rings. The predicted octanol–water partition coefficient (Wildman–Crippen LogP) is 4.40. The Labute approximate surface area is 157 Å². The summed E-state index contributed by atoms with van der Waals surface area (Å²) in [4.78, 5) is 11.6. The van der Waals surface area contributed by atoms with Crippen molar-refractivity contribution in [3.63, 3.8) is 0 Å². The average molecular weight is 409 g/mol. The van der Waals surface area contributed by atoms with Crippen molar-refractivity contribution in [2.75, 3.05) is 6.54 Å². The predicted molar refractivity (Wildman–Crippen MR) is 101 cm³/mol. The Bertz CT molecular complexity index is 675. The maximum absolute atomic E-state index is 11.6. The van der Waals surface area contributed by atoms with Crippen LogP contribution in [0.4, 0.5) is 4.79 Å². The lowest BCUT2D eigenvalue weighted by atomic mass is 10.1.